The summed E-state index contributed by atoms with van der Waals surface area (Å²) < 4.78 is 43.6. The first-order valence-corrected chi connectivity index (χ1v) is 7.39. The van der Waals surface area contributed by atoms with Gasteiger partial charge in [-0.3, -0.25) is 0 Å². The maximum absolute atomic E-state index is 12.8. The SMILES string of the molecule is FC(F)(F)c1ccc(Cl)c(Nc2nncc(NCc3ccco3)n2)c1. The average molecular weight is 370 g/mol. The molecular formula is C15H11ClF3N5O. The Balaban J connectivity index is 1.76. The zero-order valence-electron chi connectivity index (χ0n) is 12.5. The Bertz CT molecular complexity index is 855. The van der Waals surface area contributed by atoms with Crippen LogP contribution in [0.1, 0.15) is 11.3 Å². The quantitative estimate of drug-likeness (QED) is 0.690. The van der Waals surface area contributed by atoms with Crippen LogP contribution >= 0.6 is 11.6 Å². The van der Waals surface area contributed by atoms with Gasteiger partial charge in [0.2, 0.25) is 5.95 Å². The monoisotopic (exact) mass is 369 g/mol. The molecule has 2 aromatic heterocycles. The molecule has 0 bridgehead atoms. The van der Waals surface area contributed by atoms with E-state index in [1.165, 1.54) is 12.5 Å². The number of alkyl halides is 3. The Labute approximate surface area is 145 Å². The highest BCUT2D eigenvalue weighted by molar-refractivity contribution is 6.33. The summed E-state index contributed by atoms with van der Waals surface area (Å²) in [5.74, 6) is 1.07. The molecule has 0 atom stereocenters. The van der Waals surface area contributed by atoms with E-state index in [1.807, 2.05) is 0 Å². The molecule has 10 heteroatoms. The van der Waals surface area contributed by atoms with Crippen molar-refractivity contribution in [3.8, 4) is 0 Å². The van der Waals surface area contributed by atoms with Gasteiger partial charge in [0.05, 0.1) is 35.3 Å². The molecule has 0 radical (unpaired) electrons. The van der Waals surface area contributed by atoms with Gasteiger partial charge in [-0.15, -0.1) is 5.10 Å². The second-order valence-corrected chi connectivity index (χ2v) is 5.32. The van der Waals surface area contributed by atoms with Crippen molar-refractivity contribution in [2.24, 2.45) is 0 Å². The summed E-state index contributed by atoms with van der Waals surface area (Å²) in [6, 6.07) is 6.46. The topological polar surface area (TPSA) is 75.9 Å². The minimum Gasteiger partial charge on any atom is -0.467 e. The van der Waals surface area contributed by atoms with Gasteiger partial charge < -0.3 is 15.1 Å². The Hall–Kier alpha value is -2.81. The lowest BCUT2D eigenvalue weighted by Gasteiger charge is -2.11. The van der Waals surface area contributed by atoms with Crippen LogP contribution in [0.15, 0.2) is 47.2 Å². The molecule has 0 aliphatic heterocycles. The van der Waals surface area contributed by atoms with Crippen molar-refractivity contribution in [3.63, 3.8) is 0 Å². The molecule has 1 aromatic carbocycles. The van der Waals surface area contributed by atoms with Gasteiger partial charge in [0.25, 0.3) is 0 Å². The maximum Gasteiger partial charge on any atom is 0.416 e. The Morgan fingerprint density at radius 3 is 2.76 bits per heavy atom. The molecule has 2 N–H and O–H groups in total. The standard InChI is InChI=1S/C15H11ClF3N5O/c16-11-4-3-9(15(17,18)19)6-12(11)22-14-23-13(8-21-24-14)20-7-10-2-1-5-25-10/h1-6,8H,7H2,(H2,20,22,23,24). The number of aromatic nitrogens is 3. The van der Waals surface area contributed by atoms with Crippen LogP contribution in [0.4, 0.5) is 30.6 Å². The molecule has 130 valence electrons. The zero-order chi connectivity index (χ0) is 17.9. The summed E-state index contributed by atoms with van der Waals surface area (Å²) in [6.07, 6.45) is -1.56. The molecule has 0 saturated heterocycles. The molecule has 2 heterocycles. The van der Waals surface area contributed by atoms with E-state index in [0.717, 1.165) is 18.2 Å². The maximum atomic E-state index is 12.8. The van der Waals surface area contributed by atoms with Crippen molar-refractivity contribution in [2.45, 2.75) is 12.7 Å². The third kappa shape index (κ3) is 4.38. The summed E-state index contributed by atoms with van der Waals surface area (Å²) in [7, 11) is 0. The summed E-state index contributed by atoms with van der Waals surface area (Å²) in [5.41, 5.74) is -0.805. The first-order valence-electron chi connectivity index (χ1n) is 7.01. The van der Waals surface area contributed by atoms with Crippen LogP contribution < -0.4 is 10.6 Å². The molecule has 0 saturated carbocycles. The van der Waals surface area contributed by atoms with Crippen LogP contribution in [0.2, 0.25) is 5.02 Å². The minimum absolute atomic E-state index is 0.00525. The van der Waals surface area contributed by atoms with Gasteiger partial charge in [-0.05, 0) is 30.3 Å². The number of hydrogen-bond acceptors (Lipinski definition) is 6. The molecule has 25 heavy (non-hydrogen) atoms. The molecule has 0 amide bonds. The number of furan rings is 1. The summed E-state index contributed by atoms with van der Waals surface area (Å²) in [4.78, 5) is 4.12. The zero-order valence-corrected chi connectivity index (χ0v) is 13.3. The van der Waals surface area contributed by atoms with E-state index in [9.17, 15) is 13.2 Å². The average Bonchev–Trinajstić information content (AvgIpc) is 3.08. The highest BCUT2D eigenvalue weighted by Crippen LogP contribution is 2.34. The van der Waals surface area contributed by atoms with Crippen molar-refractivity contribution in [3.05, 3.63) is 59.1 Å². The second-order valence-electron chi connectivity index (χ2n) is 4.92. The van der Waals surface area contributed by atoms with E-state index in [-0.39, 0.29) is 16.7 Å². The van der Waals surface area contributed by atoms with E-state index in [4.69, 9.17) is 16.0 Å². The molecular weight excluding hydrogens is 359 g/mol. The van der Waals surface area contributed by atoms with Crippen molar-refractivity contribution in [1.29, 1.82) is 0 Å². The van der Waals surface area contributed by atoms with E-state index in [0.29, 0.717) is 18.1 Å². The number of benzene rings is 1. The lowest BCUT2D eigenvalue weighted by Crippen LogP contribution is -2.07. The largest absolute Gasteiger partial charge is 0.467 e. The van der Waals surface area contributed by atoms with Crippen LogP contribution in [-0.2, 0) is 12.7 Å². The van der Waals surface area contributed by atoms with E-state index >= 15 is 0 Å². The van der Waals surface area contributed by atoms with Crippen molar-refractivity contribution >= 4 is 29.1 Å². The van der Waals surface area contributed by atoms with E-state index < -0.39 is 11.7 Å². The number of rotatable bonds is 5. The van der Waals surface area contributed by atoms with Gasteiger partial charge in [0.15, 0.2) is 5.82 Å². The number of halogens is 4. The van der Waals surface area contributed by atoms with Crippen LogP contribution in [0, 0.1) is 0 Å². The Morgan fingerprint density at radius 2 is 2.04 bits per heavy atom. The molecule has 0 fully saturated rings. The Morgan fingerprint density at radius 1 is 1.20 bits per heavy atom. The van der Waals surface area contributed by atoms with Gasteiger partial charge in [0.1, 0.15) is 5.76 Å². The molecule has 0 spiro atoms. The molecule has 6 nitrogen and oxygen atoms in total. The van der Waals surface area contributed by atoms with Crippen molar-refractivity contribution in [2.75, 3.05) is 10.6 Å². The van der Waals surface area contributed by atoms with E-state index in [2.05, 4.69) is 25.8 Å². The summed E-state index contributed by atoms with van der Waals surface area (Å²) in [6.45, 7) is 0.370. The predicted octanol–water partition coefficient (Wildman–Crippen LogP) is 4.49. The van der Waals surface area contributed by atoms with Crippen molar-refractivity contribution in [1.82, 2.24) is 15.2 Å². The van der Waals surface area contributed by atoms with Gasteiger partial charge >= 0.3 is 6.18 Å². The number of anilines is 3. The van der Waals surface area contributed by atoms with Crippen LogP contribution in [0.3, 0.4) is 0 Å². The number of nitrogens with one attached hydrogen (secondary N) is 2. The second kappa shape index (κ2) is 6.98. The summed E-state index contributed by atoms with van der Waals surface area (Å²) in [5, 5.41) is 13.2. The first-order chi connectivity index (χ1) is 11.9. The van der Waals surface area contributed by atoms with Crippen LogP contribution in [0.25, 0.3) is 0 Å². The fourth-order valence-electron chi connectivity index (χ4n) is 1.95. The fourth-order valence-corrected chi connectivity index (χ4v) is 2.12. The van der Waals surface area contributed by atoms with E-state index in [1.54, 1.807) is 12.1 Å². The summed E-state index contributed by atoms with van der Waals surface area (Å²) >= 11 is 5.93. The third-order valence-electron chi connectivity index (χ3n) is 3.12. The molecule has 3 rings (SSSR count). The van der Waals surface area contributed by atoms with Crippen LogP contribution in [-0.4, -0.2) is 15.2 Å². The smallest absolute Gasteiger partial charge is 0.416 e. The highest BCUT2D eigenvalue weighted by Gasteiger charge is 2.31. The van der Waals surface area contributed by atoms with Gasteiger partial charge in [0, 0.05) is 0 Å². The molecule has 0 aliphatic rings. The molecule has 0 aliphatic carbocycles. The lowest BCUT2D eigenvalue weighted by atomic mass is 10.2. The Kier molecular flexibility index (Phi) is 4.75. The molecule has 0 unspecified atom stereocenters. The normalized spacial score (nSPS) is 11.4. The first kappa shape index (κ1) is 17.0. The number of nitrogens with zero attached hydrogens (tertiary/aromatic N) is 3. The minimum atomic E-state index is -4.48. The third-order valence-corrected chi connectivity index (χ3v) is 3.45. The van der Waals surface area contributed by atoms with Crippen LogP contribution in [0.5, 0.6) is 0 Å². The highest BCUT2D eigenvalue weighted by atomic mass is 35.5. The van der Waals surface area contributed by atoms with Gasteiger partial charge in [-0.2, -0.15) is 23.3 Å². The predicted molar refractivity (Wildman–Crippen MR) is 85.6 cm³/mol. The van der Waals surface area contributed by atoms with Gasteiger partial charge in [-0.1, -0.05) is 11.6 Å². The fraction of sp³-hybridized carbons (Fsp3) is 0.133. The lowest BCUT2D eigenvalue weighted by molar-refractivity contribution is -0.137. The molecule has 3 aromatic rings. The van der Waals surface area contributed by atoms with Crippen molar-refractivity contribution < 1.29 is 17.6 Å². The van der Waals surface area contributed by atoms with Gasteiger partial charge in [-0.25, -0.2) is 0 Å². The number of hydrogen-bond donors (Lipinski definition) is 2.